The molecule has 0 aliphatic rings. The molecule has 128 valence electrons. The molecule has 0 radical (unpaired) electrons. The molecule has 1 aromatic rings. The van der Waals surface area contributed by atoms with Gasteiger partial charge in [0.15, 0.2) is 0 Å². The SMILES string of the molecule is CC(C)CNC(=O)C(C)(C)C(=O)Nc1ccccc1C(C)(C)C. The normalized spacial score (nSPS) is 12.2. The Bertz CT molecular complexity index is 569. The van der Waals surface area contributed by atoms with E-state index in [-0.39, 0.29) is 17.2 Å². The van der Waals surface area contributed by atoms with Crippen LogP contribution < -0.4 is 10.6 Å². The molecule has 0 bridgehead atoms. The van der Waals surface area contributed by atoms with E-state index in [1.165, 1.54) is 0 Å². The molecule has 1 rings (SSSR count). The number of carbonyl (C=O) groups is 2. The van der Waals surface area contributed by atoms with Crippen LogP contribution in [0.2, 0.25) is 0 Å². The van der Waals surface area contributed by atoms with Crippen LogP contribution in [0.1, 0.15) is 54.0 Å². The molecule has 0 aliphatic carbocycles. The van der Waals surface area contributed by atoms with Crippen molar-refractivity contribution in [2.24, 2.45) is 11.3 Å². The van der Waals surface area contributed by atoms with Crippen molar-refractivity contribution in [3.05, 3.63) is 29.8 Å². The summed E-state index contributed by atoms with van der Waals surface area (Å²) in [6, 6.07) is 7.72. The number of rotatable bonds is 5. The molecular weight excluding hydrogens is 288 g/mol. The molecule has 0 spiro atoms. The van der Waals surface area contributed by atoms with Crippen molar-refractivity contribution in [2.75, 3.05) is 11.9 Å². The van der Waals surface area contributed by atoms with Gasteiger partial charge in [0.25, 0.3) is 0 Å². The summed E-state index contributed by atoms with van der Waals surface area (Å²) in [5, 5.41) is 5.76. The van der Waals surface area contributed by atoms with Crippen molar-refractivity contribution in [2.45, 2.75) is 53.9 Å². The lowest BCUT2D eigenvalue weighted by Crippen LogP contribution is -2.46. The number of para-hydroxylation sites is 1. The van der Waals surface area contributed by atoms with E-state index in [1.54, 1.807) is 13.8 Å². The summed E-state index contributed by atoms with van der Waals surface area (Å²) in [5.41, 5.74) is 0.592. The summed E-state index contributed by atoms with van der Waals surface area (Å²) in [7, 11) is 0. The van der Waals surface area contributed by atoms with Crippen LogP contribution in [0.5, 0.6) is 0 Å². The number of benzene rings is 1. The van der Waals surface area contributed by atoms with E-state index in [1.807, 2.05) is 38.1 Å². The molecule has 23 heavy (non-hydrogen) atoms. The molecule has 4 nitrogen and oxygen atoms in total. The first-order chi connectivity index (χ1) is 10.5. The average molecular weight is 318 g/mol. The van der Waals surface area contributed by atoms with Crippen molar-refractivity contribution < 1.29 is 9.59 Å². The minimum Gasteiger partial charge on any atom is -0.355 e. The van der Waals surface area contributed by atoms with Crippen LogP contribution in [0.3, 0.4) is 0 Å². The highest BCUT2D eigenvalue weighted by Crippen LogP contribution is 2.30. The van der Waals surface area contributed by atoms with Crippen LogP contribution in [0.25, 0.3) is 0 Å². The maximum Gasteiger partial charge on any atom is 0.239 e. The Labute approximate surface area is 140 Å². The smallest absolute Gasteiger partial charge is 0.239 e. The third-order valence-corrected chi connectivity index (χ3v) is 3.79. The van der Waals surface area contributed by atoms with Crippen LogP contribution in [0.4, 0.5) is 5.69 Å². The van der Waals surface area contributed by atoms with Crippen molar-refractivity contribution in [3.63, 3.8) is 0 Å². The molecule has 0 unspecified atom stereocenters. The Kier molecular flexibility index (Phi) is 5.98. The van der Waals surface area contributed by atoms with Crippen molar-refractivity contribution in [1.29, 1.82) is 0 Å². The average Bonchev–Trinajstić information content (AvgIpc) is 2.43. The number of carbonyl (C=O) groups excluding carboxylic acids is 2. The number of hydrogen-bond acceptors (Lipinski definition) is 2. The molecule has 0 atom stereocenters. The predicted molar refractivity (Wildman–Crippen MR) is 95.4 cm³/mol. The molecule has 0 aliphatic heterocycles. The van der Waals surface area contributed by atoms with Gasteiger partial charge in [0, 0.05) is 12.2 Å². The second kappa shape index (κ2) is 7.16. The first-order valence-electron chi connectivity index (χ1n) is 8.15. The second-order valence-electron chi connectivity index (χ2n) is 7.98. The van der Waals surface area contributed by atoms with Crippen LogP contribution >= 0.6 is 0 Å². The molecule has 4 heteroatoms. The van der Waals surface area contributed by atoms with Crippen LogP contribution in [-0.2, 0) is 15.0 Å². The van der Waals surface area contributed by atoms with E-state index < -0.39 is 5.41 Å². The van der Waals surface area contributed by atoms with E-state index in [0.29, 0.717) is 12.5 Å². The van der Waals surface area contributed by atoms with Crippen LogP contribution in [-0.4, -0.2) is 18.4 Å². The molecule has 0 fully saturated rings. The van der Waals surface area contributed by atoms with Gasteiger partial charge >= 0.3 is 0 Å². The van der Waals surface area contributed by atoms with Gasteiger partial charge in [-0.25, -0.2) is 0 Å². The monoisotopic (exact) mass is 318 g/mol. The molecule has 2 N–H and O–H groups in total. The summed E-state index contributed by atoms with van der Waals surface area (Å²) < 4.78 is 0. The summed E-state index contributed by atoms with van der Waals surface area (Å²) in [6.45, 7) is 14.2. The third kappa shape index (κ3) is 5.08. The fourth-order valence-corrected chi connectivity index (χ4v) is 2.15. The molecule has 0 saturated heterocycles. The van der Waals surface area contributed by atoms with Crippen LogP contribution in [0, 0.1) is 11.3 Å². The van der Waals surface area contributed by atoms with Crippen molar-refractivity contribution in [3.8, 4) is 0 Å². The van der Waals surface area contributed by atoms with E-state index in [0.717, 1.165) is 11.3 Å². The summed E-state index contributed by atoms with van der Waals surface area (Å²) in [6.07, 6.45) is 0. The van der Waals surface area contributed by atoms with Gasteiger partial charge < -0.3 is 10.6 Å². The van der Waals surface area contributed by atoms with E-state index in [2.05, 4.69) is 31.4 Å². The Morgan fingerprint density at radius 1 is 1.00 bits per heavy atom. The predicted octanol–water partition coefficient (Wildman–Crippen LogP) is 3.72. The third-order valence-electron chi connectivity index (χ3n) is 3.79. The van der Waals surface area contributed by atoms with Gasteiger partial charge in [-0.2, -0.15) is 0 Å². The van der Waals surface area contributed by atoms with Crippen LogP contribution in [0.15, 0.2) is 24.3 Å². The van der Waals surface area contributed by atoms with Gasteiger partial charge in [-0.05, 0) is 36.8 Å². The first kappa shape index (κ1) is 19.2. The minimum atomic E-state index is -1.13. The highest BCUT2D eigenvalue weighted by molar-refractivity contribution is 6.10. The lowest BCUT2D eigenvalue weighted by molar-refractivity contribution is -0.138. The fraction of sp³-hybridized carbons (Fsp3) is 0.579. The number of hydrogen-bond donors (Lipinski definition) is 2. The number of nitrogens with one attached hydrogen (secondary N) is 2. The van der Waals surface area contributed by atoms with Gasteiger partial charge in [0.2, 0.25) is 11.8 Å². The highest BCUT2D eigenvalue weighted by Gasteiger charge is 2.36. The molecule has 0 heterocycles. The zero-order valence-electron chi connectivity index (χ0n) is 15.4. The van der Waals surface area contributed by atoms with Gasteiger partial charge in [-0.15, -0.1) is 0 Å². The highest BCUT2D eigenvalue weighted by atomic mass is 16.2. The molecule has 0 aromatic heterocycles. The standard InChI is InChI=1S/C19H30N2O2/c1-13(2)12-20-16(22)19(6,7)17(23)21-15-11-9-8-10-14(15)18(3,4)5/h8-11,13H,12H2,1-7H3,(H,20,22)(H,21,23). The van der Waals surface area contributed by atoms with Crippen molar-refractivity contribution in [1.82, 2.24) is 5.32 Å². The van der Waals surface area contributed by atoms with E-state index >= 15 is 0 Å². The Morgan fingerprint density at radius 2 is 1.57 bits per heavy atom. The number of amides is 2. The van der Waals surface area contributed by atoms with E-state index in [4.69, 9.17) is 0 Å². The molecule has 1 aromatic carbocycles. The maximum absolute atomic E-state index is 12.6. The molecule has 0 saturated carbocycles. The lowest BCUT2D eigenvalue weighted by atomic mass is 9.85. The Morgan fingerprint density at radius 3 is 2.09 bits per heavy atom. The zero-order valence-corrected chi connectivity index (χ0v) is 15.4. The summed E-state index contributed by atoms with van der Waals surface area (Å²) >= 11 is 0. The molecule has 2 amide bonds. The minimum absolute atomic E-state index is 0.0894. The Balaban J connectivity index is 2.93. The van der Waals surface area contributed by atoms with Gasteiger partial charge in [-0.3, -0.25) is 9.59 Å². The quantitative estimate of drug-likeness (QED) is 0.813. The summed E-state index contributed by atoms with van der Waals surface area (Å²) in [5.74, 6) is -0.202. The van der Waals surface area contributed by atoms with Crippen molar-refractivity contribution >= 4 is 17.5 Å². The van der Waals surface area contributed by atoms with Gasteiger partial charge in [0.1, 0.15) is 5.41 Å². The van der Waals surface area contributed by atoms with Gasteiger partial charge in [-0.1, -0.05) is 52.8 Å². The number of anilines is 1. The Hall–Kier alpha value is -1.84. The largest absolute Gasteiger partial charge is 0.355 e. The van der Waals surface area contributed by atoms with E-state index in [9.17, 15) is 9.59 Å². The zero-order chi connectivity index (χ0) is 17.8. The first-order valence-corrected chi connectivity index (χ1v) is 8.15. The van der Waals surface area contributed by atoms with Gasteiger partial charge in [0.05, 0.1) is 0 Å². The maximum atomic E-state index is 12.6. The topological polar surface area (TPSA) is 58.2 Å². The summed E-state index contributed by atoms with van der Waals surface area (Å²) in [4.78, 5) is 24.9. The second-order valence-corrected chi connectivity index (χ2v) is 7.98. The molecular formula is C19H30N2O2. The lowest BCUT2D eigenvalue weighted by Gasteiger charge is -2.27. The fourth-order valence-electron chi connectivity index (χ4n) is 2.15.